The van der Waals surface area contributed by atoms with Crippen molar-refractivity contribution in [1.29, 1.82) is 0 Å². The van der Waals surface area contributed by atoms with E-state index in [1.54, 1.807) is 14.2 Å². The molecule has 0 aliphatic heterocycles. The van der Waals surface area contributed by atoms with Gasteiger partial charge in [0.2, 0.25) is 5.91 Å². The summed E-state index contributed by atoms with van der Waals surface area (Å²) < 4.78 is 10.5. The quantitative estimate of drug-likeness (QED) is 0.892. The molecule has 4 nitrogen and oxygen atoms in total. The Balaban J connectivity index is 1.94. The first-order valence-corrected chi connectivity index (χ1v) is 7.16. The van der Waals surface area contributed by atoms with Crippen molar-refractivity contribution < 1.29 is 14.3 Å². The van der Waals surface area contributed by atoms with Gasteiger partial charge in [0.1, 0.15) is 11.5 Å². The maximum atomic E-state index is 12.1. The number of hydrogen-bond acceptors (Lipinski definition) is 3. The SMILES string of the molecule is COc1ccc(CC(=O)NCc2ccccc2OC)cc1C. The molecule has 22 heavy (non-hydrogen) atoms. The third-order valence-electron chi connectivity index (χ3n) is 3.49. The smallest absolute Gasteiger partial charge is 0.224 e. The average molecular weight is 299 g/mol. The van der Waals surface area contributed by atoms with Crippen molar-refractivity contribution in [3.05, 3.63) is 59.2 Å². The van der Waals surface area contributed by atoms with E-state index in [-0.39, 0.29) is 5.91 Å². The lowest BCUT2D eigenvalue weighted by molar-refractivity contribution is -0.120. The lowest BCUT2D eigenvalue weighted by Crippen LogP contribution is -2.24. The number of methoxy groups -OCH3 is 2. The summed E-state index contributed by atoms with van der Waals surface area (Å²) in [6.07, 6.45) is 0.347. The summed E-state index contributed by atoms with van der Waals surface area (Å²) in [6.45, 7) is 2.42. The Morgan fingerprint density at radius 3 is 2.45 bits per heavy atom. The van der Waals surface area contributed by atoms with Gasteiger partial charge in [0.15, 0.2) is 0 Å². The average Bonchev–Trinajstić information content (AvgIpc) is 2.53. The van der Waals surface area contributed by atoms with Gasteiger partial charge in [-0.1, -0.05) is 30.3 Å². The van der Waals surface area contributed by atoms with Crippen LogP contribution in [-0.2, 0) is 17.8 Å². The Morgan fingerprint density at radius 2 is 1.77 bits per heavy atom. The molecule has 0 spiro atoms. The maximum absolute atomic E-state index is 12.1. The van der Waals surface area contributed by atoms with Gasteiger partial charge < -0.3 is 14.8 Å². The van der Waals surface area contributed by atoms with E-state index in [2.05, 4.69) is 5.32 Å². The highest BCUT2D eigenvalue weighted by Crippen LogP contribution is 2.19. The fraction of sp³-hybridized carbons (Fsp3) is 0.278. The van der Waals surface area contributed by atoms with Crippen LogP contribution in [0.5, 0.6) is 11.5 Å². The molecule has 0 saturated heterocycles. The van der Waals surface area contributed by atoms with E-state index >= 15 is 0 Å². The van der Waals surface area contributed by atoms with Crippen molar-refractivity contribution >= 4 is 5.91 Å². The molecule has 4 heteroatoms. The van der Waals surface area contributed by atoms with Crippen LogP contribution in [0.15, 0.2) is 42.5 Å². The molecule has 0 unspecified atom stereocenters. The number of benzene rings is 2. The Kier molecular flexibility index (Phi) is 5.42. The molecule has 0 heterocycles. The second kappa shape index (κ2) is 7.50. The van der Waals surface area contributed by atoms with E-state index in [0.717, 1.165) is 28.2 Å². The first-order valence-electron chi connectivity index (χ1n) is 7.16. The molecule has 2 rings (SSSR count). The van der Waals surface area contributed by atoms with E-state index in [4.69, 9.17) is 9.47 Å². The van der Waals surface area contributed by atoms with Crippen LogP contribution in [0.25, 0.3) is 0 Å². The van der Waals surface area contributed by atoms with Crippen molar-refractivity contribution in [2.45, 2.75) is 19.9 Å². The molecule has 0 radical (unpaired) electrons. The molecular weight excluding hydrogens is 278 g/mol. The van der Waals surface area contributed by atoms with Crippen molar-refractivity contribution in [3.8, 4) is 11.5 Å². The first kappa shape index (κ1) is 15.9. The van der Waals surface area contributed by atoms with Gasteiger partial charge >= 0.3 is 0 Å². The van der Waals surface area contributed by atoms with Crippen LogP contribution in [0, 0.1) is 6.92 Å². The third kappa shape index (κ3) is 4.01. The van der Waals surface area contributed by atoms with Crippen LogP contribution in [0.3, 0.4) is 0 Å². The van der Waals surface area contributed by atoms with Crippen LogP contribution in [-0.4, -0.2) is 20.1 Å². The van der Waals surface area contributed by atoms with E-state index in [1.807, 2.05) is 49.4 Å². The fourth-order valence-corrected chi connectivity index (χ4v) is 2.34. The van der Waals surface area contributed by atoms with Gasteiger partial charge in [0.05, 0.1) is 20.6 Å². The summed E-state index contributed by atoms with van der Waals surface area (Å²) in [4.78, 5) is 12.1. The normalized spacial score (nSPS) is 10.1. The fourth-order valence-electron chi connectivity index (χ4n) is 2.34. The number of para-hydroxylation sites is 1. The Hall–Kier alpha value is -2.49. The lowest BCUT2D eigenvalue weighted by atomic mass is 10.1. The first-order chi connectivity index (χ1) is 10.6. The van der Waals surface area contributed by atoms with Crippen molar-refractivity contribution in [2.24, 2.45) is 0 Å². The molecule has 0 aliphatic carbocycles. The standard InChI is InChI=1S/C18H21NO3/c1-13-10-14(8-9-16(13)21-2)11-18(20)19-12-15-6-4-5-7-17(15)22-3/h4-10H,11-12H2,1-3H3,(H,19,20). The topological polar surface area (TPSA) is 47.6 Å². The Bertz CT molecular complexity index is 653. The second-order valence-electron chi connectivity index (χ2n) is 5.07. The second-order valence-corrected chi connectivity index (χ2v) is 5.07. The van der Waals surface area contributed by atoms with Crippen LogP contribution in [0.1, 0.15) is 16.7 Å². The summed E-state index contributed by atoms with van der Waals surface area (Å²) in [5, 5.41) is 2.92. The molecule has 0 fully saturated rings. The van der Waals surface area contributed by atoms with Gasteiger partial charge in [-0.2, -0.15) is 0 Å². The highest BCUT2D eigenvalue weighted by atomic mass is 16.5. The predicted octanol–water partition coefficient (Wildman–Crippen LogP) is 2.87. The number of rotatable bonds is 6. The lowest BCUT2D eigenvalue weighted by Gasteiger charge is -2.10. The minimum absolute atomic E-state index is 0.0181. The number of aryl methyl sites for hydroxylation is 1. The highest BCUT2D eigenvalue weighted by molar-refractivity contribution is 5.78. The molecular formula is C18H21NO3. The van der Waals surface area contributed by atoms with Crippen molar-refractivity contribution in [2.75, 3.05) is 14.2 Å². The number of carbonyl (C=O) groups is 1. The van der Waals surface area contributed by atoms with Gasteiger partial charge in [-0.3, -0.25) is 4.79 Å². The van der Waals surface area contributed by atoms with E-state index in [0.29, 0.717) is 13.0 Å². The van der Waals surface area contributed by atoms with E-state index in [9.17, 15) is 4.79 Å². The highest BCUT2D eigenvalue weighted by Gasteiger charge is 2.07. The minimum Gasteiger partial charge on any atom is -0.496 e. The summed E-state index contributed by atoms with van der Waals surface area (Å²) in [5.74, 6) is 1.59. The number of amides is 1. The summed E-state index contributed by atoms with van der Waals surface area (Å²) in [5.41, 5.74) is 2.96. The maximum Gasteiger partial charge on any atom is 0.224 e. The molecule has 0 bridgehead atoms. The molecule has 0 saturated carbocycles. The van der Waals surface area contributed by atoms with Gasteiger partial charge in [-0.05, 0) is 30.2 Å². The zero-order valence-corrected chi connectivity index (χ0v) is 13.2. The van der Waals surface area contributed by atoms with Crippen molar-refractivity contribution in [3.63, 3.8) is 0 Å². The summed E-state index contributed by atoms with van der Waals surface area (Å²) in [7, 11) is 3.27. The number of ether oxygens (including phenoxy) is 2. The number of nitrogens with one attached hydrogen (secondary N) is 1. The van der Waals surface area contributed by atoms with E-state index < -0.39 is 0 Å². The zero-order valence-electron chi connectivity index (χ0n) is 13.2. The largest absolute Gasteiger partial charge is 0.496 e. The van der Waals surface area contributed by atoms with Crippen LogP contribution < -0.4 is 14.8 Å². The van der Waals surface area contributed by atoms with Crippen LogP contribution in [0.2, 0.25) is 0 Å². The number of hydrogen-bond donors (Lipinski definition) is 1. The molecule has 116 valence electrons. The predicted molar refractivity (Wildman–Crippen MR) is 86.3 cm³/mol. The number of carbonyl (C=O) groups excluding carboxylic acids is 1. The minimum atomic E-state index is -0.0181. The van der Waals surface area contributed by atoms with Gasteiger partial charge in [0, 0.05) is 12.1 Å². The van der Waals surface area contributed by atoms with E-state index in [1.165, 1.54) is 0 Å². The van der Waals surface area contributed by atoms with Gasteiger partial charge in [-0.25, -0.2) is 0 Å². The molecule has 1 amide bonds. The van der Waals surface area contributed by atoms with Gasteiger partial charge in [-0.15, -0.1) is 0 Å². The van der Waals surface area contributed by atoms with Crippen molar-refractivity contribution in [1.82, 2.24) is 5.32 Å². The zero-order chi connectivity index (χ0) is 15.9. The Morgan fingerprint density at radius 1 is 1.05 bits per heavy atom. The third-order valence-corrected chi connectivity index (χ3v) is 3.49. The molecule has 0 aromatic heterocycles. The van der Waals surface area contributed by atoms with Crippen LogP contribution in [0.4, 0.5) is 0 Å². The summed E-state index contributed by atoms with van der Waals surface area (Å²) >= 11 is 0. The monoisotopic (exact) mass is 299 g/mol. The van der Waals surface area contributed by atoms with Gasteiger partial charge in [0.25, 0.3) is 0 Å². The molecule has 2 aromatic rings. The molecule has 1 N–H and O–H groups in total. The summed E-state index contributed by atoms with van der Waals surface area (Å²) in [6, 6.07) is 13.4. The van der Waals surface area contributed by atoms with Crippen LogP contribution >= 0.6 is 0 Å². The molecule has 2 aromatic carbocycles. The molecule has 0 aliphatic rings. The Labute approximate surface area is 131 Å². The molecule has 0 atom stereocenters.